The SMILES string of the molecule is O=C(NC1CCCNC1=O)c1cn(Cc2ccccc2)nc1-c1cccs1. The van der Waals surface area contributed by atoms with Crippen LogP contribution < -0.4 is 10.6 Å². The summed E-state index contributed by atoms with van der Waals surface area (Å²) in [4.78, 5) is 25.8. The van der Waals surface area contributed by atoms with Gasteiger partial charge in [0, 0.05) is 12.7 Å². The van der Waals surface area contributed by atoms with Crippen LogP contribution in [-0.2, 0) is 11.3 Å². The van der Waals surface area contributed by atoms with Crippen molar-refractivity contribution >= 4 is 23.2 Å². The van der Waals surface area contributed by atoms with Crippen LogP contribution in [0.25, 0.3) is 10.6 Å². The average molecular weight is 380 g/mol. The number of rotatable bonds is 5. The van der Waals surface area contributed by atoms with Gasteiger partial charge in [-0.2, -0.15) is 5.10 Å². The zero-order chi connectivity index (χ0) is 18.6. The molecule has 138 valence electrons. The quantitative estimate of drug-likeness (QED) is 0.715. The molecule has 2 N–H and O–H groups in total. The summed E-state index contributed by atoms with van der Waals surface area (Å²) in [6, 6.07) is 13.4. The van der Waals surface area contributed by atoms with Gasteiger partial charge in [0.25, 0.3) is 5.91 Å². The zero-order valence-electron chi connectivity index (χ0n) is 14.7. The molecule has 0 aliphatic carbocycles. The summed E-state index contributed by atoms with van der Waals surface area (Å²) < 4.78 is 1.78. The summed E-state index contributed by atoms with van der Waals surface area (Å²) in [5.41, 5.74) is 2.25. The fourth-order valence-electron chi connectivity index (χ4n) is 3.18. The van der Waals surface area contributed by atoms with E-state index in [1.54, 1.807) is 10.9 Å². The summed E-state index contributed by atoms with van der Waals surface area (Å²) >= 11 is 1.54. The van der Waals surface area contributed by atoms with Crippen molar-refractivity contribution in [2.45, 2.75) is 25.4 Å². The van der Waals surface area contributed by atoms with E-state index in [0.29, 0.717) is 30.8 Å². The first kappa shape index (κ1) is 17.5. The largest absolute Gasteiger partial charge is 0.354 e. The number of carbonyl (C=O) groups excluding carboxylic acids is 2. The summed E-state index contributed by atoms with van der Waals surface area (Å²) in [5.74, 6) is -0.385. The summed E-state index contributed by atoms with van der Waals surface area (Å²) in [6.07, 6.45) is 3.28. The number of nitrogens with one attached hydrogen (secondary N) is 2. The standard InChI is InChI=1S/C20H20N4O2S/c25-19(22-16-8-4-10-21-20(16)26)15-13-24(12-14-6-2-1-3-7-14)23-18(15)17-9-5-11-27-17/h1-3,5-7,9,11,13,16H,4,8,10,12H2,(H,21,26)(H,22,25). The minimum Gasteiger partial charge on any atom is -0.354 e. The van der Waals surface area contributed by atoms with E-state index in [9.17, 15) is 9.59 Å². The molecule has 1 saturated heterocycles. The van der Waals surface area contributed by atoms with Gasteiger partial charge in [-0.25, -0.2) is 0 Å². The molecule has 3 heterocycles. The number of hydrogen-bond donors (Lipinski definition) is 2. The summed E-state index contributed by atoms with van der Waals surface area (Å²) in [7, 11) is 0. The van der Waals surface area contributed by atoms with Gasteiger partial charge in [0.1, 0.15) is 11.7 Å². The van der Waals surface area contributed by atoms with Crippen LogP contribution in [0.5, 0.6) is 0 Å². The average Bonchev–Trinajstić information content (AvgIpc) is 3.34. The molecule has 6 nitrogen and oxygen atoms in total. The Hall–Kier alpha value is -2.93. The van der Waals surface area contributed by atoms with E-state index in [2.05, 4.69) is 15.7 Å². The fourth-order valence-corrected chi connectivity index (χ4v) is 3.90. The molecular formula is C20H20N4O2S. The Morgan fingerprint density at radius 1 is 1.26 bits per heavy atom. The molecule has 0 spiro atoms. The van der Waals surface area contributed by atoms with Crippen molar-refractivity contribution in [2.75, 3.05) is 6.54 Å². The van der Waals surface area contributed by atoms with Gasteiger partial charge in [0.15, 0.2) is 0 Å². The van der Waals surface area contributed by atoms with Crippen molar-refractivity contribution in [3.63, 3.8) is 0 Å². The van der Waals surface area contributed by atoms with Gasteiger partial charge < -0.3 is 10.6 Å². The zero-order valence-corrected chi connectivity index (χ0v) is 15.5. The normalized spacial score (nSPS) is 16.7. The van der Waals surface area contributed by atoms with E-state index >= 15 is 0 Å². The third-order valence-corrected chi connectivity index (χ3v) is 5.42. The van der Waals surface area contributed by atoms with E-state index in [1.807, 2.05) is 47.8 Å². The Morgan fingerprint density at radius 2 is 2.11 bits per heavy atom. The Labute approximate surface area is 161 Å². The third-order valence-electron chi connectivity index (χ3n) is 4.54. The summed E-state index contributed by atoms with van der Waals surface area (Å²) in [6.45, 7) is 1.25. The molecule has 4 rings (SSSR count). The van der Waals surface area contributed by atoms with Crippen molar-refractivity contribution < 1.29 is 9.59 Å². The topological polar surface area (TPSA) is 76.0 Å². The highest BCUT2D eigenvalue weighted by atomic mass is 32.1. The molecule has 1 fully saturated rings. The van der Waals surface area contributed by atoms with E-state index < -0.39 is 6.04 Å². The van der Waals surface area contributed by atoms with Crippen molar-refractivity contribution in [1.82, 2.24) is 20.4 Å². The van der Waals surface area contributed by atoms with Crippen molar-refractivity contribution in [1.29, 1.82) is 0 Å². The maximum Gasteiger partial charge on any atom is 0.255 e. The van der Waals surface area contributed by atoms with Gasteiger partial charge in [-0.05, 0) is 29.9 Å². The predicted molar refractivity (Wildman–Crippen MR) is 105 cm³/mol. The van der Waals surface area contributed by atoms with Gasteiger partial charge in [-0.15, -0.1) is 11.3 Å². The van der Waals surface area contributed by atoms with Crippen LogP contribution in [0.1, 0.15) is 28.8 Å². The number of hydrogen-bond acceptors (Lipinski definition) is 4. The number of benzene rings is 1. The van der Waals surface area contributed by atoms with Crippen LogP contribution in [0.3, 0.4) is 0 Å². The highest BCUT2D eigenvalue weighted by Crippen LogP contribution is 2.27. The lowest BCUT2D eigenvalue weighted by Crippen LogP contribution is -2.50. The van der Waals surface area contributed by atoms with Crippen LogP contribution >= 0.6 is 11.3 Å². The molecule has 1 aliphatic heterocycles. The highest BCUT2D eigenvalue weighted by Gasteiger charge is 2.26. The molecule has 1 aromatic carbocycles. The van der Waals surface area contributed by atoms with Crippen LogP contribution in [0, 0.1) is 0 Å². The number of nitrogens with zero attached hydrogens (tertiary/aromatic N) is 2. The maximum absolute atomic E-state index is 12.9. The minimum absolute atomic E-state index is 0.121. The molecule has 0 radical (unpaired) electrons. The Balaban J connectivity index is 1.61. The van der Waals surface area contributed by atoms with E-state index in [0.717, 1.165) is 16.9 Å². The van der Waals surface area contributed by atoms with Gasteiger partial charge in [0.2, 0.25) is 5.91 Å². The molecule has 1 unspecified atom stereocenters. The first-order chi connectivity index (χ1) is 13.2. The third kappa shape index (κ3) is 3.93. The van der Waals surface area contributed by atoms with Gasteiger partial charge in [-0.1, -0.05) is 36.4 Å². The highest BCUT2D eigenvalue weighted by molar-refractivity contribution is 7.13. The van der Waals surface area contributed by atoms with Crippen LogP contribution in [-0.4, -0.2) is 34.2 Å². The predicted octanol–water partition coefficient (Wildman–Crippen LogP) is 2.67. The summed E-state index contributed by atoms with van der Waals surface area (Å²) in [5, 5.41) is 12.3. The molecular weight excluding hydrogens is 360 g/mol. The monoisotopic (exact) mass is 380 g/mol. The second kappa shape index (κ2) is 7.75. The molecule has 0 bridgehead atoms. The van der Waals surface area contributed by atoms with Crippen LogP contribution in [0.4, 0.5) is 0 Å². The van der Waals surface area contributed by atoms with E-state index in [4.69, 9.17) is 0 Å². The first-order valence-electron chi connectivity index (χ1n) is 8.94. The van der Waals surface area contributed by atoms with Crippen molar-refractivity contribution in [3.8, 4) is 10.6 Å². The Morgan fingerprint density at radius 3 is 2.85 bits per heavy atom. The number of aromatic nitrogens is 2. The minimum atomic E-state index is -0.486. The van der Waals surface area contributed by atoms with E-state index in [1.165, 1.54) is 11.3 Å². The molecule has 1 atom stereocenters. The van der Waals surface area contributed by atoms with Gasteiger partial charge in [-0.3, -0.25) is 14.3 Å². The van der Waals surface area contributed by atoms with Crippen LogP contribution in [0.15, 0.2) is 54.0 Å². The molecule has 3 aromatic rings. The lowest BCUT2D eigenvalue weighted by Gasteiger charge is -2.22. The lowest BCUT2D eigenvalue weighted by molar-refractivity contribution is -0.124. The molecule has 2 amide bonds. The maximum atomic E-state index is 12.9. The second-order valence-electron chi connectivity index (χ2n) is 6.51. The molecule has 0 saturated carbocycles. The molecule has 1 aliphatic rings. The number of piperidine rings is 1. The second-order valence-corrected chi connectivity index (χ2v) is 7.46. The van der Waals surface area contributed by atoms with Gasteiger partial charge in [0.05, 0.1) is 17.0 Å². The smallest absolute Gasteiger partial charge is 0.255 e. The molecule has 7 heteroatoms. The molecule has 27 heavy (non-hydrogen) atoms. The fraction of sp³-hybridized carbons (Fsp3) is 0.250. The molecule has 2 aromatic heterocycles. The van der Waals surface area contributed by atoms with Crippen LogP contribution in [0.2, 0.25) is 0 Å². The number of carbonyl (C=O) groups is 2. The first-order valence-corrected chi connectivity index (χ1v) is 9.82. The Bertz CT molecular complexity index is 934. The Kier molecular flexibility index (Phi) is 5.02. The number of thiophene rings is 1. The van der Waals surface area contributed by atoms with E-state index in [-0.39, 0.29) is 11.8 Å². The van der Waals surface area contributed by atoms with Gasteiger partial charge >= 0.3 is 0 Å². The van der Waals surface area contributed by atoms with Crippen molar-refractivity contribution in [2.24, 2.45) is 0 Å². The van der Waals surface area contributed by atoms with Crippen molar-refractivity contribution in [3.05, 3.63) is 65.2 Å². The number of amides is 2. The lowest BCUT2D eigenvalue weighted by atomic mass is 10.1.